The van der Waals surface area contributed by atoms with E-state index in [-0.39, 0.29) is 18.4 Å². The van der Waals surface area contributed by atoms with Gasteiger partial charge in [-0.05, 0) is 31.0 Å². The second-order valence-electron chi connectivity index (χ2n) is 6.54. The molecule has 0 heterocycles. The van der Waals surface area contributed by atoms with Gasteiger partial charge in [0.2, 0.25) is 5.91 Å². The van der Waals surface area contributed by atoms with Crippen molar-refractivity contribution in [3.63, 3.8) is 0 Å². The molecule has 0 aromatic heterocycles. The number of hydrogen-bond donors (Lipinski definition) is 1. The fraction of sp³-hybridized carbons (Fsp3) is 0.364. The van der Waals surface area contributed by atoms with Crippen LogP contribution in [0, 0.1) is 0 Å². The van der Waals surface area contributed by atoms with Crippen LogP contribution in [-0.4, -0.2) is 49.6 Å². The van der Waals surface area contributed by atoms with Crippen LogP contribution in [0.3, 0.4) is 0 Å². The Labute approximate surface area is 176 Å². The Balaban J connectivity index is 2.05. The van der Waals surface area contributed by atoms with Crippen LogP contribution in [0.5, 0.6) is 5.75 Å². The molecule has 0 spiro atoms. The van der Waals surface area contributed by atoms with E-state index >= 15 is 0 Å². The first-order valence-corrected chi connectivity index (χ1v) is 9.88. The number of halogens is 1. The molecule has 1 atom stereocenters. The SMILES string of the molecule is COCCCNC(=O)[C@@H](C)N(Cc1ccccc1)C(=O)COc1ccccc1Cl. The molecule has 2 amide bonds. The Kier molecular flexibility index (Phi) is 9.47. The van der Waals surface area contributed by atoms with Gasteiger partial charge in [0, 0.05) is 26.8 Å². The first-order chi connectivity index (χ1) is 14.0. The summed E-state index contributed by atoms with van der Waals surface area (Å²) in [6.45, 7) is 2.85. The molecule has 6 nitrogen and oxygen atoms in total. The summed E-state index contributed by atoms with van der Waals surface area (Å²) >= 11 is 6.09. The Hall–Kier alpha value is -2.57. The molecule has 0 radical (unpaired) electrons. The van der Waals surface area contributed by atoms with Crippen molar-refractivity contribution < 1.29 is 19.1 Å². The minimum absolute atomic E-state index is 0.210. The summed E-state index contributed by atoms with van der Waals surface area (Å²) in [4.78, 5) is 27.0. The maximum Gasteiger partial charge on any atom is 0.261 e. The first kappa shape index (κ1) is 22.7. The van der Waals surface area contributed by atoms with Crippen LogP contribution < -0.4 is 10.1 Å². The lowest BCUT2D eigenvalue weighted by Crippen LogP contribution is -2.49. The number of nitrogens with one attached hydrogen (secondary N) is 1. The second-order valence-corrected chi connectivity index (χ2v) is 6.95. The monoisotopic (exact) mass is 418 g/mol. The van der Waals surface area contributed by atoms with Crippen molar-refractivity contribution in [2.24, 2.45) is 0 Å². The van der Waals surface area contributed by atoms with E-state index in [2.05, 4.69) is 5.32 Å². The summed E-state index contributed by atoms with van der Waals surface area (Å²) in [7, 11) is 1.61. The predicted octanol–water partition coefficient (Wildman–Crippen LogP) is 3.29. The lowest BCUT2D eigenvalue weighted by atomic mass is 10.1. The predicted molar refractivity (Wildman–Crippen MR) is 113 cm³/mol. The average molecular weight is 419 g/mol. The van der Waals surface area contributed by atoms with Crippen LogP contribution in [0.15, 0.2) is 54.6 Å². The molecular weight excluding hydrogens is 392 g/mol. The van der Waals surface area contributed by atoms with Crippen molar-refractivity contribution in [3.8, 4) is 5.75 Å². The molecule has 7 heteroatoms. The number of carbonyl (C=O) groups is 2. The van der Waals surface area contributed by atoms with Crippen LogP contribution in [0.25, 0.3) is 0 Å². The fourth-order valence-electron chi connectivity index (χ4n) is 2.72. The highest BCUT2D eigenvalue weighted by molar-refractivity contribution is 6.32. The number of amides is 2. The topological polar surface area (TPSA) is 67.9 Å². The maximum absolute atomic E-state index is 12.9. The van der Waals surface area contributed by atoms with Gasteiger partial charge in [0.05, 0.1) is 5.02 Å². The van der Waals surface area contributed by atoms with Crippen molar-refractivity contribution in [1.29, 1.82) is 0 Å². The molecule has 0 fully saturated rings. The van der Waals surface area contributed by atoms with E-state index in [1.807, 2.05) is 30.3 Å². The standard InChI is InChI=1S/C22H27ClN2O4/c1-17(22(27)24-13-8-14-28-2)25(15-18-9-4-3-5-10-18)21(26)16-29-20-12-7-6-11-19(20)23/h3-7,9-12,17H,8,13-16H2,1-2H3,(H,24,27)/t17-/m1/s1. The number of nitrogens with zero attached hydrogens (tertiary/aromatic N) is 1. The van der Waals surface area contributed by atoms with E-state index in [4.69, 9.17) is 21.1 Å². The van der Waals surface area contributed by atoms with Gasteiger partial charge < -0.3 is 19.7 Å². The third kappa shape index (κ3) is 7.40. The highest BCUT2D eigenvalue weighted by atomic mass is 35.5. The minimum Gasteiger partial charge on any atom is -0.482 e. The number of rotatable bonds is 11. The number of ether oxygens (including phenoxy) is 2. The van der Waals surface area contributed by atoms with E-state index < -0.39 is 6.04 Å². The Morgan fingerprint density at radius 3 is 2.48 bits per heavy atom. The van der Waals surface area contributed by atoms with E-state index in [1.165, 1.54) is 4.90 Å². The zero-order valence-corrected chi connectivity index (χ0v) is 17.5. The van der Waals surface area contributed by atoms with Crippen molar-refractivity contribution in [2.45, 2.75) is 25.9 Å². The third-order valence-electron chi connectivity index (χ3n) is 4.38. The van der Waals surface area contributed by atoms with E-state index in [0.29, 0.717) is 36.9 Å². The summed E-state index contributed by atoms with van der Waals surface area (Å²) in [6.07, 6.45) is 0.706. The molecular formula is C22H27ClN2O4. The van der Waals surface area contributed by atoms with Gasteiger partial charge in [0.1, 0.15) is 11.8 Å². The molecule has 0 aliphatic heterocycles. The van der Waals surface area contributed by atoms with E-state index in [9.17, 15) is 9.59 Å². The first-order valence-electron chi connectivity index (χ1n) is 9.50. The Morgan fingerprint density at radius 1 is 1.10 bits per heavy atom. The summed E-state index contributed by atoms with van der Waals surface area (Å²) < 4.78 is 10.6. The molecule has 0 unspecified atom stereocenters. The summed E-state index contributed by atoms with van der Waals surface area (Å²) in [5, 5.41) is 3.28. The summed E-state index contributed by atoms with van der Waals surface area (Å²) in [5.41, 5.74) is 0.928. The fourth-order valence-corrected chi connectivity index (χ4v) is 2.91. The van der Waals surface area contributed by atoms with Crippen molar-refractivity contribution in [3.05, 3.63) is 65.2 Å². The quantitative estimate of drug-likeness (QED) is 0.568. The van der Waals surface area contributed by atoms with Crippen LogP contribution in [0.4, 0.5) is 0 Å². The van der Waals surface area contributed by atoms with Gasteiger partial charge in [-0.1, -0.05) is 54.1 Å². The van der Waals surface area contributed by atoms with Crippen LogP contribution in [0.2, 0.25) is 5.02 Å². The van der Waals surface area contributed by atoms with Crippen molar-refractivity contribution in [1.82, 2.24) is 10.2 Å². The molecule has 0 saturated carbocycles. The number of para-hydroxylation sites is 1. The zero-order valence-electron chi connectivity index (χ0n) is 16.8. The number of carbonyl (C=O) groups excluding carboxylic acids is 2. The molecule has 0 saturated heterocycles. The lowest BCUT2D eigenvalue weighted by Gasteiger charge is -2.28. The van der Waals surface area contributed by atoms with Gasteiger partial charge in [0.25, 0.3) is 5.91 Å². The van der Waals surface area contributed by atoms with E-state index in [1.54, 1.807) is 38.3 Å². The third-order valence-corrected chi connectivity index (χ3v) is 4.69. The highest BCUT2D eigenvalue weighted by Gasteiger charge is 2.26. The molecule has 0 aliphatic carbocycles. The number of hydrogen-bond acceptors (Lipinski definition) is 4. The van der Waals surface area contributed by atoms with Gasteiger partial charge in [-0.2, -0.15) is 0 Å². The van der Waals surface area contributed by atoms with Gasteiger partial charge in [0.15, 0.2) is 6.61 Å². The van der Waals surface area contributed by atoms with E-state index in [0.717, 1.165) is 5.56 Å². The van der Waals surface area contributed by atoms with Crippen LogP contribution in [-0.2, 0) is 20.9 Å². The van der Waals surface area contributed by atoms with Gasteiger partial charge in [-0.15, -0.1) is 0 Å². The summed E-state index contributed by atoms with van der Waals surface area (Å²) in [5.74, 6) is -0.0877. The molecule has 0 aliphatic rings. The largest absolute Gasteiger partial charge is 0.482 e. The number of benzene rings is 2. The molecule has 2 aromatic carbocycles. The smallest absolute Gasteiger partial charge is 0.261 e. The lowest BCUT2D eigenvalue weighted by molar-refractivity contribution is -0.142. The molecule has 0 bridgehead atoms. The minimum atomic E-state index is -0.653. The zero-order chi connectivity index (χ0) is 21.1. The van der Waals surface area contributed by atoms with Gasteiger partial charge in [-0.3, -0.25) is 9.59 Å². The molecule has 2 aromatic rings. The normalized spacial score (nSPS) is 11.6. The van der Waals surface area contributed by atoms with Crippen molar-refractivity contribution in [2.75, 3.05) is 26.9 Å². The summed E-state index contributed by atoms with van der Waals surface area (Å²) in [6, 6.07) is 15.8. The maximum atomic E-state index is 12.9. The second kappa shape index (κ2) is 12.1. The van der Waals surface area contributed by atoms with Gasteiger partial charge in [-0.25, -0.2) is 0 Å². The van der Waals surface area contributed by atoms with Crippen molar-refractivity contribution >= 4 is 23.4 Å². The number of methoxy groups -OCH3 is 1. The molecule has 2 rings (SSSR count). The van der Waals surface area contributed by atoms with Crippen LogP contribution >= 0.6 is 11.6 Å². The van der Waals surface area contributed by atoms with Crippen LogP contribution in [0.1, 0.15) is 18.9 Å². The molecule has 156 valence electrons. The molecule has 29 heavy (non-hydrogen) atoms. The molecule has 1 N–H and O–H groups in total. The Bertz CT molecular complexity index is 785. The van der Waals surface area contributed by atoms with Gasteiger partial charge >= 0.3 is 0 Å². The Morgan fingerprint density at radius 2 is 1.79 bits per heavy atom. The average Bonchev–Trinajstić information content (AvgIpc) is 2.74. The highest BCUT2D eigenvalue weighted by Crippen LogP contribution is 2.23.